The lowest BCUT2D eigenvalue weighted by molar-refractivity contribution is -0.228. The fraction of sp³-hybridized carbons (Fsp3) is 0.933. The highest BCUT2D eigenvalue weighted by atomic mass is 16.4. The van der Waals surface area contributed by atoms with E-state index in [-0.39, 0.29) is 5.41 Å². The van der Waals surface area contributed by atoms with E-state index in [4.69, 9.17) is 5.11 Å². The second-order valence-electron chi connectivity index (χ2n) is 7.48. The van der Waals surface area contributed by atoms with Gasteiger partial charge < -0.3 is 20.4 Å². The van der Waals surface area contributed by atoms with Crippen LogP contribution in [0.25, 0.3) is 0 Å². The summed E-state index contributed by atoms with van der Waals surface area (Å²) in [5.41, 5.74) is -0.814. The van der Waals surface area contributed by atoms with E-state index in [1.807, 2.05) is 13.8 Å². The van der Waals surface area contributed by atoms with E-state index >= 15 is 0 Å². The number of nitrogens with zero attached hydrogens (tertiary/aromatic N) is 2. The maximum absolute atomic E-state index is 12.8. The molecule has 0 aromatic rings. The average molecular weight is 314 g/mol. The molecule has 4 bridgehead atoms. The van der Waals surface area contributed by atoms with Crippen LogP contribution in [0, 0.1) is 10.8 Å². The van der Waals surface area contributed by atoms with Gasteiger partial charge in [-0.3, -0.25) is 14.6 Å². The molecule has 126 valence electrons. The molecule has 0 radical (unpaired) electrons. The molecule has 0 aromatic carbocycles. The third-order valence-corrected chi connectivity index (χ3v) is 5.81. The Morgan fingerprint density at radius 1 is 1.18 bits per heavy atom. The summed E-state index contributed by atoms with van der Waals surface area (Å²) in [6.07, 6.45) is -3.62. The van der Waals surface area contributed by atoms with Gasteiger partial charge in [0.25, 0.3) is 0 Å². The number of hydrogen-bond donors (Lipinski definition) is 4. The molecule has 7 nitrogen and oxygen atoms in total. The molecule has 4 rings (SSSR count). The Bertz CT molecular complexity index is 455. The van der Waals surface area contributed by atoms with Gasteiger partial charge in [0.15, 0.2) is 0 Å². The van der Waals surface area contributed by atoms with Gasteiger partial charge in [-0.05, 0) is 6.42 Å². The largest absolute Gasteiger partial charge is 0.394 e. The molecular formula is C15H26N2O5. The van der Waals surface area contributed by atoms with Crippen LogP contribution in [-0.4, -0.2) is 93.3 Å². The number of rotatable bonds is 5. The lowest BCUT2D eigenvalue weighted by Crippen LogP contribution is -2.81. The number of carbonyl (C=O) groups excluding carboxylic acids is 1. The minimum absolute atomic E-state index is 0.318. The molecule has 7 heteroatoms. The van der Waals surface area contributed by atoms with Gasteiger partial charge in [0, 0.05) is 26.2 Å². The zero-order chi connectivity index (χ0) is 16.3. The van der Waals surface area contributed by atoms with Crippen LogP contribution in [0.4, 0.5) is 0 Å². The van der Waals surface area contributed by atoms with E-state index < -0.39 is 36.5 Å². The van der Waals surface area contributed by atoms with E-state index in [0.29, 0.717) is 32.0 Å². The van der Waals surface area contributed by atoms with E-state index in [1.165, 1.54) is 0 Å². The summed E-state index contributed by atoms with van der Waals surface area (Å²) in [6, 6.07) is 0. The molecule has 0 aromatic heterocycles. The highest BCUT2D eigenvalue weighted by molar-refractivity contribution is 5.93. The molecular weight excluding hydrogens is 288 g/mol. The van der Waals surface area contributed by atoms with Crippen molar-refractivity contribution in [3.05, 3.63) is 0 Å². The number of hydrogen-bond acceptors (Lipinski definition) is 7. The number of aliphatic hydroxyl groups excluding tert-OH is 4. The van der Waals surface area contributed by atoms with E-state index in [1.54, 1.807) is 0 Å². The Morgan fingerprint density at radius 2 is 1.73 bits per heavy atom. The average Bonchev–Trinajstić information content (AvgIpc) is 2.49. The quantitative estimate of drug-likeness (QED) is 0.465. The van der Waals surface area contributed by atoms with E-state index in [0.717, 1.165) is 6.42 Å². The molecule has 4 heterocycles. The minimum Gasteiger partial charge on any atom is -0.394 e. The summed E-state index contributed by atoms with van der Waals surface area (Å²) < 4.78 is 0. The van der Waals surface area contributed by atoms with Crippen molar-refractivity contribution in [2.24, 2.45) is 10.8 Å². The van der Waals surface area contributed by atoms with Crippen LogP contribution in [0.3, 0.4) is 0 Å². The summed E-state index contributed by atoms with van der Waals surface area (Å²) in [5.74, 6) is 0.318. The van der Waals surface area contributed by atoms with Crippen molar-refractivity contribution in [2.45, 2.75) is 44.7 Å². The molecule has 0 saturated carbocycles. The number of ketones is 1. The minimum atomic E-state index is -1.41. The maximum Gasteiger partial charge on any atom is 0.150 e. The zero-order valence-corrected chi connectivity index (χ0v) is 13.1. The molecule has 0 spiro atoms. The summed E-state index contributed by atoms with van der Waals surface area (Å²) in [6.45, 7) is 5.68. The Labute approximate surface area is 130 Å². The molecule has 4 N–H and O–H groups in total. The topological polar surface area (TPSA) is 104 Å². The molecule has 4 saturated heterocycles. The van der Waals surface area contributed by atoms with Gasteiger partial charge in [0.05, 0.1) is 23.6 Å². The highest BCUT2D eigenvalue weighted by Crippen LogP contribution is 2.50. The zero-order valence-electron chi connectivity index (χ0n) is 13.1. The van der Waals surface area contributed by atoms with Gasteiger partial charge in [-0.25, -0.2) is 0 Å². The second-order valence-corrected chi connectivity index (χ2v) is 7.48. The second kappa shape index (κ2) is 5.22. The summed E-state index contributed by atoms with van der Waals surface area (Å²) in [4.78, 5) is 16.9. The van der Waals surface area contributed by atoms with Gasteiger partial charge in [-0.1, -0.05) is 13.8 Å². The lowest BCUT2D eigenvalue weighted by atomic mass is 9.60. The van der Waals surface area contributed by atoms with Crippen molar-refractivity contribution >= 4 is 5.78 Å². The first-order valence-corrected chi connectivity index (χ1v) is 7.96. The van der Waals surface area contributed by atoms with E-state index in [2.05, 4.69) is 9.80 Å². The van der Waals surface area contributed by atoms with Crippen molar-refractivity contribution in [1.29, 1.82) is 0 Å². The Kier molecular flexibility index (Phi) is 3.87. The predicted molar refractivity (Wildman–Crippen MR) is 77.9 cm³/mol. The maximum atomic E-state index is 12.8. The molecule has 2 unspecified atom stereocenters. The lowest BCUT2D eigenvalue weighted by Gasteiger charge is -2.66. The van der Waals surface area contributed by atoms with Crippen molar-refractivity contribution in [3.63, 3.8) is 0 Å². The van der Waals surface area contributed by atoms with Crippen molar-refractivity contribution in [3.8, 4) is 0 Å². The molecule has 5 atom stereocenters. The van der Waals surface area contributed by atoms with Crippen LogP contribution >= 0.6 is 0 Å². The fourth-order valence-corrected chi connectivity index (χ4v) is 4.75. The van der Waals surface area contributed by atoms with Crippen molar-refractivity contribution in [2.75, 3.05) is 32.8 Å². The molecule has 4 aliphatic rings. The predicted octanol–water partition coefficient (Wildman–Crippen LogP) is -2.00. The molecule has 0 amide bonds. The standard InChI is InChI=1S/C15H26N2O5/c1-3-15-7-16-5-14(2,13(15)22)6-17(8-15)12(16)11(21)10(20)9(19)4-18/h9-12,18-21H,3-8H2,1-2H3/t9-,10+,11-,12?,14?,15?/m1/s1. The number of aliphatic hydroxyl groups is 4. The van der Waals surface area contributed by atoms with Crippen LogP contribution in [0.5, 0.6) is 0 Å². The normalized spacial score (nSPS) is 47.5. The van der Waals surface area contributed by atoms with Gasteiger partial charge in [0.2, 0.25) is 0 Å². The summed E-state index contributed by atoms with van der Waals surface area (Å²) in [5, 5.41) is 39.1. The monoisotopic (exact) mass is 314 g/mol. The molecule has 22 heavy (non-hydrogen) atoms. The van der Waals surface area contributed by atoms with Crippen LogP contribution < -0.4 is 0 Å². The van der Waals surface area contributed by atoms with Crippen LogP contribution in [0.2, 0.25) is 0 Å². The number of carbonyl (C=O) groups is 1. The van der Waals surface area contributed by atoms with Crippen LogP contribution in [0.1, 0.15) is 20.3 Å². The van der Waals surface area contributed by atoms with Gasteiger partial charge in [0.1, 0.15) is 24.1 Å². The molecule has 4 aliphatic heterocycles. The first-order chi connectivity index (χ1) is 10.3. The fourth-order valence-electron chi connectivity index (χ4n) is 4.75. The third-order valence-electron chi connectivity index (χ3n) is 5.81. The number of Topliss-reactive ketones (excluding diaryl/α,β-unsaturated/α-hetero) is 1. The Hall–Kier alpha value is -0.570. The smallest absolute Gasteiger partial charge is 0.150 e. The van der Waals surface area contributed by atoms with Gasteiger partial charge >= 0.3 is 0 Å². The van der Waals surface area contributed by atoms with Crippen LogP contribution in [-0.2, 0) is 4.79 Å². The third kappa shape index (κ3) is 2.07. The number of piperidine rings is 2. The first-order valence-electron chi connectivity index (χ1n) is 7.96. The van der Waals surface area contributed by atoms with Crippen molar-refractivity contribution < 1.29 is 25.2 Å². The summed E-state index contributed by atoms with van der Waals surface area (Å²) >= 11 is 0. The Morgan fingerprint density at radius 3 is 2.18 bits per heavy atom. The van der Waals surface area contributed by atoms with Crippen LogP contribution in [0.15, 0.2) is 0 Å². The first kappa shape index (κ1) is 16.3. The van der Waals surface area contributed by atoms with Gasteiger partial charge in [-0.2, -0.15) is 0 Å². The highest BCUT2D eigenvalue weighted by Gasteiger charge is 2.64. The SMILES string of the molecule is CCC12CN3CC(C)(CN(C1)C3[C@H](O)[C@@H](O)[C@H](O)CO)C2=O. The summed E-state index contributed by atoms with van der Waals surface area (Å²) in [7, 11) is 0. The van der Waals surface area contributed by atoms with Gasteiger partial charge in [-0.15, -0.1) is 0 Å². The molecule has 4 fully saturated rings. The molecule has 0 aliphatic carbocycles. The Balaban J connectivity index is 1.86. The van der Waals surface area contributed by atoms with Crippen molar-refractivity contribution in [1.82, 2.24) is 9.80 Å². The van der Waals surface area contributed by atoms with E-state index in [9.17, 15) is 20.1 Å².